The van der Waals surface area contributed by atoms with Crippen molar-refractivity contribution in [3.63, 3.8) is 0 Å². The molecule has 2 aromatic heterocycles. The van der Waals surface area contributed by atoms with Gasteiger partial charge in [-0.2, -0.15) is 15.2 Å². The minimum absolute atomic E-state index is 0.177. The maximum atomic E-state index is 8.98. The van der Waals surface area contributed by atoms with Gasteiger partial charge < -0.3 is 16.0 Å². The van der Waals surface area contributed by atoms with Crippen LogP contribution in [0.15, 0.2) is 30.3 Å². The minimum Gasteiger partial charge on any atom is -0.383 e. The lowest BCUT2D eigenvalue weighted by molar-refractivity contribution is 0.177. The molecule has 0 saturated carbocycles. The molecule has 1 saturated heterocycles. The molecule has 4 radical (unpaired) electrons. The van der Waals surface area contributed by atoms with Gasteiger partial charge in [-0.15, -0.1) is 0 Å². The normalized spacial score (nSPS) is 14.9. The van der Waals surface area contributed by atoms with Crippen molar-refractivity contribution in [1.29, 1.82) is 5.26 Å². The van der Waals surface area contributed by atoms with Gasteiger partial charge in [-0.05, 0) is 74.4 Å². The maximum Gasteiger partial charge on any atom is 0.226 e. The number of benzene rings is 1. The zero-order valence-electron chi connectivity index (χ0n) is 19.8. The van der Waals surface area contributed by atoms with E-state index in [-0.39, 0.29) is 6.04 Å². The van der Waals surface area contributed by atoms with E-state index in [0.717, 1.165) is 35.0 Å². The molecule has 0 bridgehead atoms. The van der Waals surface area contributed by atoms with E-state index in [1.165, 1.54) is 0 Å². The molecule has 0 atom stereocenters. The van der Waals surface area contributed by atoms with Crippen molar-refractivity contribution < 1.29 is 0 Å². The first-order valence-electron chi connectivity index (χ1n) is 11.3. The summed E-state index contributed by atoms with van der Waals surface area (Å²) in [6, 6.07) is 11.3. The lowest BCUT2D eigenvalue weighted by Gasteiger charge is -2.44. The summed E-state index contributed by atoms with van der Waals surface area (Å²) >= 11 is 0. The zero-order valence-corrected chi connectivity index (χ0v) is 19.8. The average Bonchev–Trinajstić information content (AvgIpc) is 2.80. The molecule has 3 heterocycles. The van der Waals surface area contributed by atoms with Crippen molar-refractivity contribution in [3.05, 3.63) is 52.7 Å². The molecule has 3 aromatic rings. The second-order valence-electron chi connectivity index (χ2n) is 8.13. The lowest BCUT2D eigenvalue weighted by atomic mass is 9.56. The number of nitriles is 1. The molecule has 1 aliphatic rings. The van der Waals surface area contributed by atoms with Crippen molar-refractivity contribution in [2.75, 3.05) is 24.1 Å². The summed E-state index contributed by atoms with van der Waals surface area (Å²) in [4.78, 5) is 15.6. The summed E-state index contributed by atoms with van der Waals surface area (Å²) in [5.74, 6) is 0.915. The smallest absolute Gasteiger partial charge is 0.226 e. The number of rotatable bonds is 4. The number of piperidine rings is 1. The third-order valence-corrected chi connectivity index (χ3v) is 5.85. The number of nitrogen functional groups attached to an aromatic ring is 1. The van der Waals surface area contributed by atoms with E-state index in [1.807, 2.05) is 45.9 Å². The second kappa shape index (κ2) is 10.2. The van der Waals surface area contributed by atoms with Crippen LogP contribution in [0.5, 0.6) is 0 Å². The highest BCUT2D eigenvalue weighted by atomic mass is 15.2. The number of likely N-dealkylation sites (tertiary alicyclic amines) is 1. The number of nitrogens with two attached hydrogens (primary N) is 1. The van der Waals surface area contributed by atoms with Gasteiger partial charge in [0.15, 0.2) is 5.65 Å². The molecule has 9 heteroatoms. The summed E-state index contributed by atoms with van der Waals surface area (Å²) in [6.45, 7) is 9.35. The van der Waals surface area contributed by atoms with E-state index in [4.69, 9.17) is 26.7 Å². The highest BCUT2D eigenvalue weighted by molar-refractivity contribution is 6.39. The van der Waals surface area contributed by atoms with Gasteiger partial charge in [0.25, 0.3) is 0 Å². The van der Waals surface area contributed by atoms with Gasteiger partial charge >= 0.3 is 0 Å². The highest BCUT2D eigenvalue weighted by Gasteiger charge is 2.31. The van der Waals surface area contributed by atoms with E-state index in [0.29, 0.717) is 36.1 Å². The van der Waals surface area contributed by atoms with Gasteiger partial charge in [0.05, 0.1) is 32.7 Å². The van der Waals surface area contributed by atoms with E-state index >= 15 is 0 Å². The maximum absolute atomic E-state index is 8.98. The standard InChI is InChI=1S/C22H23B2N7.C2H6/c1-13-11-14(2)27-20-18(13)19(26)29-21(30-20)28-17-7-9-31(10-8-17)22(23,24)16-5-3-15(12-25)4-6-16;1-2/h3-6,11,17H,7-10H2,1-2H3,(H3,26,27,28,29,30);1-2H3. The van der Waals surface area contributed by atoms with Crippen LogP contribution in [0.4, 0.5) is 11.8 Å². The molecule has 166 valence electrons. The van der Waals surface area contributed by atoms with Crippen molar-refractivity contribution in [2.45, 2.75) is 51.9 Å². The molecule has 33 heavy (non-hydrogen) atoms. The Hall–Kier alpha value is -3.11. The molecule has 3 N–H and O–H groups in total. The Balaban J connectivity index is 0.00000149. The van der Waals surface area contributed by atoms with Crippen molar-refractivity contribution in [2.24, 2.45) is 0 Å². The molecular formula is C24H29B2N7. The van der Waals surface area contributed by atoms with Gasteiger partial charge in [0.1, 0.15) is 5.82 Å². The molecule has 4 rings (SSSR count). The first-order chi connectivity index (χ1) is 15.8. The monoisotopic (exact) mass is 437 g/mol. The Morgan fingerprint density at radius 2 is 1.73 bits per heavy atom. The van der Waals surface area contributed by atoms with Crippen molar-refractivity contribution in [3.8, 4) is 6.07 Å². The molecule has 0 amide bonds. The number of fused-ring (bicyclic) bond motifs is 1. The fourth-order valence-electron chi connectivity index (χ4n) is 4.15. The van der Waals surface area contributed by atoms with Gasteiger partial charge in [-0.25, -0.2) is 4.98 Å². The Morgan fingerprint density at radius 3 is 2.33 bits per heavy atom. The number of pyridine rings is 1. The quantitative estimate of drug-likeness (QED) is 0.605. The molecule has 1 aliphatic heterocycles. The topological polar surface area (TPSA) is 104 Å². The van der Waals surface area contributed by atoms with Crippen LogP contribution < -0.4 is 11.1 Å². The van der Waals surface area contributed by atoms with Crippen LogP contribution in [0.25, 0.3) is 11.0 Å². The molecule has 1 fully saturated rings. The molecule has 0 unspecified atom stereocenters. The van der Waals surface area contributed by atoms with Crippen LogP contribution in [0.2, 0.25) is 0 Å². The van der Waals surface area contributed by atoms with Crippen molar-refractivity contribution in [1.82, 2.24) is 19.9 Å². The van der Waals surface area contributed by atoms with Crippen LogP contribution in [-0.2, 0) is 5.34 Å². The number of nitrogens with one attached hydrogen (secondary N) is 1. The Morgan fingerprint density at radius 1 is 1.09 bits per heavy atom. The number of nitrogens with zero attached hydrogens (tertiary/aromatic N) is 5. The highest BCUT2D eigenvalue weighted by Crippen LogP contribution is 2.28. The predicted molar refractivity (Wildman–Crippen MR) is 135 cm³/mol. The van der Waals surface area contributed by atoms with Crippen molar-refractivity contribution >= 4 is 38.5 Å². The Bertz CT molecular complexity index is 1150. The summed E-state index contributed by atoms with van der Waals surface area (Å²) < 4.78 is 0. The zero-order chi connectivity index (χ0) is 24.2. The van der Waals surface area contributed by atoms with Gasteiger partial charge in [-0.1, -0.05) is 26.0 Å². The Labute approximate surface area is 198 Å². The summed E-state index contributed by atoms with van der Waals surface area (Å²) in [5.41, 5.74) is 10.1. The summed E-state index contributed by atoms with van der Waals surface area (Å²) in [5, 5.41) is 12.1. The fraction of sp³-hybridized carbons (Fsp3) is 0.417. The number of anilines is 2. The third-order valence-electron chi connectivity index (χ3n) is 5.85. The minimum atomic E-state index is -1.10. The molecule has 0 aliphatic carbocycles. The van der Waals surface area contributed by atoms with E-state index < -0.39 is 5.34 Å². The summed E-state index contributed by atoms with van der Waals surface area (Å²) in [6.07, 6.45) is 1.65. The number of hydrogen-bond donors (Lipinski definition) is 2. The first kappa shape index (κ1) is 24.5. The van der Waals surface area contributed by atoms with E-state index in [2.05, 4.69) is 31.2 Å². The van der Waals surface area contributed by atoms with Crippen LogP contribution in [0.1, 0.15) is 49.1 Å². The lowest BCUT2D eigenvalue weighted by Crippen LogP contribution is -2.52. The first-order valence-corrected chi connectivity index (χ1v) is 11.3. The van der Waals surface area contributed by atoms with Crippen LogP contribution in [0, 0.1) is 25.2 Å². The van der Waals surface area contributed by atoms with Gasteiger partial charge in [0, 0.05) is 11.7 Å². The number of aryl methyl sites for hydroxylation is 2. The number of aromatic nitrogens is 3. The van der Waals surface area contributed by atoms with E-state index in [1.54, 1.807) is 12.1 Å². The molecule has 0 spiro atoms. The fourth-order valence-corrected chi connectivity index (χ4v) is 4.15. The summed E-state index contributed by atoms with van der Waals surface area (Å²) in [7, 11) is 12.9. The molecule has 7 nitrogen and oxygen atoms in total. The largest absolute Gasteiger partial charge is 0.383 e. The van der Waals surface area contributed by atoms with Gasteiger partial charge in [0.2, 0.25) is 5.95 Å². The Kier molecular flexibility index (Phi) is 7.60. The van der Waals surface area contributed by atoms with E-state index in [9.17, 15) is 0 Å². The molecular weight excluding hydrogens is 408 g/mol. The van der Waals surface area contributed by atoms with Gasteiger partial charge in [-0.3, -0.25) is 0 Å². The molecule has 1 aromatic carbocycles. The number of hydrogen-bond acceptors (Lipinski definition) is 7. The predicted octanol–water partition coefficient (Wildman–Crippen LogP) is 3.15. The second-order valence-corrected chi connectivity index (χ2v) is 8.13. The SMILES string of the molecule is CC.[B]C([B])(c1ccc(C#N)cc1)N1CCC(Nc2nc(N)c3c(C)cc(C)nc3n2)CC1. The average molecular weight is 437 g/mol. The van der Waals surface area contributed by atoms with Crippen LogP contribution >= 0.6 is 0 Å². The third kappa shape index (κ3) is 5.28. The van der Waals surface area contributed by atoms with Crippen LogP contribution in [0.3, 0.4) is 0 Å². The van der Waals surface area contributed by atoms with Crippen LogP contribution in [-0.4, -0.2) is 54.7 Å².